The third-order valence-electron chi connectivity index (χ3n) is 2.95. The number of hydrogen-bond donors (Lipinski definition) is 0. The Kier molecular flexibility index (Phi) is 2.16. The van der Waals surface area contributed by atoms with Gasteiger partial charge in [-0.25, -0.2) is 0 Å². The Hall–Kier alpha value is -0.810. The van der Waals surface area contributed by atoms with Crippen molar-refractivity contribution >= 4 is 15.9 Å². The lowest BCUT2D eigenvalue weighted by molar-refractivity contribution is 0.902. The molecule has 72 valence electrons. The Morgan fingerprint density at radius 2 is 1.79 bits per heavy atom. The van der Waals surface area contributed by atoms with Crippen LogP contribution in [0, 0.1) is 25.2 Å². The summed E-state index contributed by atoms with van der Waals surface area (Å²) in [4.78, 5) is 0. The van der Waals surface area contributed by atoms with Gasteiger partial charge in [-0.3, -0.25) is 0 Å². The lowest BCUT2D eigenvalue weighted by atomic mass is 9.94. The summed E-state index contributed by atoms with van der Waals surface area (Å²) in [7, 11) is 0. The second kappa shape index (κ2) is 3.10. The molecule has 0 atom stereocenters. The molecule has 0 radical (unpaired) electrons. The molecule has 1 saturated carbocycles. The fourth-order valence-corrected chi connectivity index (χ4v) is 2.04. The predicted molar refractivity (Wildman–Crippen MR) is 60.1 cm³/mol. The van der Waals surface area contributed by atoms with Gasteiger partial charge >= 0.3 is 0 Å². The minimum atomic E-state index is -0.157. The number of rotatable bonds is 1. The average Bonchev–Trinajstić information content (AvgIpc) is 2.94. The molecule has 0 N–H and O–H groups in total. The van der Waals surface area contributed by atoms with E-state index in [-0.39, 0.29) is 5.41 Å². The number of benzene rings is 1. The molecule has 14 heavy (non-hydrogen) atoms. The molecule has 0 heterocycles. The highest BCUT2D eigenvalue weighted by molar-refractivity contribution is 9.10. The number of nitriles is 1. The quantitative estimate of drug-likeness (QED) is 0.746. The minimum Gasteiger partial charge on any atom is -0.197 e. The standard InChI is InChI=1S/C12H12BrN/c1-8-5-10(6-9(2)11(8)13)12(7-14)3-4-12/h5-6H,3-4H2,1-2H3. The van der Waals surface area contributed by atoms with Gasteiger partial charge in [0.05, 0.1) is 11.5 Å². The van der Waals surface area contributed by atoms with Crippen molar-refractivity contribution < 1.29 is 0 Å². The second-order valence-corrected chi connectivity index (χ2v) is 4.91. The molecule has 0 spiro atoms. The maximum Gasteiger partial charge on any atom is 0.0824 e. The molecule has 0 aromatic heterocycles. The van der Waals surface area contributed by atoms with Crippen LogP contribution >= 0.6 is 15.9 Å². The molecule has 0 saturated heterocycles. The van der Waals surface area contributed by atoms with Crippen molar-refractivity contribution in [2.24, 2.45) is 0 Å². The Balaban J connectivity index is 2.53. The van der Waals surface area contributed by atoms with Gasteiger partial charge in [0.25, 0.3) is 0 Å². The van der Waals surface area contributed by atoms with Crippen LogP contribution in [0.4, 0.5) is 0 Å². The molecular weight excluding hydrogens is 238 g/mol. The third kappa shape index (κ3) is 1.36. The van der Waals surface area contributed by atoms with Crippen LogP contribution in [0.25, 0.3) is 0 Å². The number of halogens is 1. The molecule has 1 fully saturated rings. The van der Waals surface area contributed by atoms with Crippen LogP contribution in [0.3, 0.4) is 0 Å². The zero-order valence-corrected chi connectivity index (χ0v) is 9.98. The predicted octanol–water partition coefficient (Wildman–Crippen LogP) is 3.62. The van der Waals surface area contributed by atoms with E-state index < -0.39 is 0 Å². The van der Waals surface area contributed by atoms with Gasteiger partial charge in [-0.15, -0.1) is 0 Å². The first-order valence-electron chi connectivity index (χ1n) is 4.77. The van der Waals surface area contributed by atoms with Gasteiger partial charge in [0.15, 0.2) is 0 Å². The van der Waals surface area contributed by atoms with Crippen molar-refractivity contribution in [1.29, 1.82) is 5.26 Å². The van der Waals surface area contributed by atoms with Gasteiger partial charge in [-0.2, -0.15) is 5.26 Å². The molecule has 2 heteroatoms. The average molecular weight is 250 g/mol. The fraction of sp³-hybridized carbons (Fsp3) is 0.417. The molecule has 0 unspecified atom stereocenters. The van der Waals surface area contributed by atoms with E-state index >= 15 is 0 Å². The van der Waals surface area contributed by atoms with E-state index in [0.717, 1.165) is 17.3 Å². The summed E-state index contributed by atoms with van der Waals surface area (Å²) in [6, 6.07) is 6.69. The van der Waals surface area contributed by atoms with Gasteiger partial charge < -0.3 is 0 Å². The summed E-state index contributed by atoms with van der Waals surface area (Å²) >= 11 is 3.54. The highest BCUT2D eigenvalue weighted by Crippen LogP contribution is 2.48. The molecular formula is C12H12BrN. The number of aryl methyl sites for hydroxylation is 2. The largest absolute Gasteiger partial charge is 0.197 e. The third-order valence-corrected chi connectivity index (χ3v) is 4.20. The van der Waals surface area contributed by atoms with E-state index in [0.29, 0.717) is 0 Å². The number of nitrogens with zero attached hydrogens (tertiary/aromatic N) is 1. The monoisotopic (exact) mass is 249 g/mol. The van der Waals surface area contributed by atoms with E-state index in [4.69, 9.17) is 5.26 Å². The molecule has 1 aromatic carbocycles. The maximum absolute atomic E-state index is 9.10. The SMILES string of the molecule is Cc1cc(C2(C#N)CC2)cc(C)c1Br. The van der Waals surface area contributed by atoms with Gasteiger partial charge in [-0.05, 0) is 43.4 Å². The molecule has 1 aromatic rings. The van der Waals surface area contributed by atoms with Crippen molar-refractivity contribution in [2.45, 2.75) is 32.1 Å². The first-order chi connectivity index (χ1) is 6.59. The molecule has 0 bridgehead atoms. The summed E-state index contributed by atoms with van der Waals surface area (Å²) < 4.78 is 1.16. The molecule has 0 amide bonds. The first-order valence-corrected chi connectivity index (χ1v) is 5.57. The Labute approximate surface area is 92.9 Å². The van der Waals surface area contributed by atoms with Gasteiger partial charge in [-0.1, -0.05) is 28.1 Å². The van der Waals surface area contributed by atoms with Crippen molar-refractivity contribution in [3.8, 4) is 6.07 Å². The van der Waals surface area contributed by atoms with Crippen LogP contribution in [-0.4, -0.2) is 0 Å². The summed E-state index contributed by atoms with van der Waals surface area (Å²) in [5.41, 5.74) is 3.48. The summed E-state index contributed by atoms with van der Waals surface area (Å²) in [6.45, 7) is 4.15. The van der Waals surface area contributed by atoms with E-state index in [2.05, 4.69) is 48.0 Å². The van der Waals surface area contributed by atoms with Gasteiger partial charge in [0.2, 0.25) is 0 Å². The summed E-state index contributed by atoms with van der Waals surface area (Å²) in [5.74, 6) is 0. The van der Waals surface area contributed by atoms with E-state index in [1.807, 2.05) is 0 Å². The van der Waals surface area contributed by atoms with Crippen molar-refractivity contribution in [3.05, 3.63) is 33.3 Å². The summed E-state index contributed by atoms with van der Waals surface area (Å²) in [6.07, 6.45) is 2.04. The Bertz CT molecular complexity index is 401. The lowest BCUT2D eigenvalue weighted by Crippen LogP contribution is -2.03. The molecule has 2 rings (SSSR count). The van der Waals surface area contributed by atoms with E-state index in [1.54, 1.807) is 0 Å². The van der Waals surface area contributed by atoms with Gasteiger partial charge in [0, 0.05) is 4.47 Å². The molecule has 1 nitrogen and oxygen atoms in total. The zero-order chi connectivity index (χ0) is 10.3. The minimum absolute atomic E-state index is 0.157. The van der Waals surface area contributed by atoms with Crippen molar-refractivity contribution in [2.75, 3.05) is 0 Å². The lowest BCUT2D eigenvalue weighted by Gasteiger charge is -2.10. The number of hydrogen-bond acceptors (Lipinski definition) is 1. The zero-order valence-electron chi connectivity index (χ0n) is 8.39. The Morgan fingerprint density at radius 3 is 2.14 bits per heavy atom. The summed E-state index contributed by atoms with van der Waals surface area (Å²) in [5, 5.41) is 9.10. The molecule has 0 aliphatic heterocycles. The van der Waals surface area contributed by atoms with Crippen LogP contribution in [-0.2, 0) is 5.41 Å². The first kappa shape index (κ1) is 9.73. The Morgan fingerprint density at radius 1 is 1.29 bits per heavy atom. The highest BCUT2D eigenvalue weighted by Gasteiger charge is 2.45. The maximum atomic E-state index is 9.10. The molecule has 1 aliphatic carbocycles. The smallest absolute Gasteiger partial charge is 0.0824 e. The van der Waals surface area contributed by atoms with Crippen molar-refractivity contribution in [1.82, 2.24) is 0 Å². The topological polar surface area (TPSA) is 23.8 Å². The van der Waals surface area contributed by atoms with E-state index in [9.17, 15) is 0 Å². The van der Waals surface area contributed by atoms with Crippen LogP contribution in [0.2, 0.25) is 0 Å². The van der Waals surface area contributed by atoms with Crippen LogP contribution in [0.15, 0.2) is 16.6 Å². The van der Waals surface area contributed by atoms with Crippen LogP contribution < -0.4 is 0 Å². The van der Waals surface area contributed by atoms with E-state index in [1.165, 1.54) is 16.7 Å². The normalized spacial score (nSPS) is 17.6. The second-order valence-electron chi connectivity index (χ2n) is 4.12. The molecule has 1 aliphatic rings. The van der Waals surface area contributed by atoms with Crippen LogP contribution in [0.1, 0.15) is 29.5 Å². The highest BCUT2D eigenvalue weighted by atomic mass is 79.9. The van der Waals surface area contributed by atoms with Crippen molar-refractivity contribution in [3.63, 3.8) is 0 Å². The van der Waals surface area contributed by atoms with Crippen LogP contribution in [0.5, 0.6) is 0 Å². The fourth-order valence-electron chi connectivity index (χ4n) is 1.81. The van der Waals surface area contributed by atoms with Gasteiger partial charge in [0.1, 0.15) is 0 Å².